The molecule has 0 saturated carbocycles. The van der Waals surface area contributed by atoms with Crippen molar-refractivity contribution in [1.82, 2.24) is 15.5 Å². The maximum absolute atomic E-state index is 6.24. The molecular weight excluding hydrogens is 394 g/mol. The minimum Gasteiger partial charge on any atom is -0.382 e. The Labute approximate surface area is 182 Å². The van der Waals surface area contributed by atoms with Crippen molar-refractivity contribution in [2.75, 3.05) is 6.54 Å². The zero-order chi connectivity index (χ0) is 20.9. The van der Waals surface area contributed by atoms with Crippen LogP contribution in [0.3, 0.4) is 0 Å². The third-order valence-electron chi connectivity index (χ3n) is 5.41. The van der Waals surface area contributed by atoms with E-state index in [1.807, 2.05) is 6.07 Å². The molecule has 30 heavy (non-hydrogen) atoms. The average molecular weight is 420 g/mol. The number of nitrogens with one attached hydrogen (secondary N) is 1. The van der Waals surface area contributed by atoms with E-state index >= 15 is 0 Å². The van der Waals surface area contributed by atoms with Gasteiger partial charge in [0.15, 0.2) is 0 Å². The van der Waals surface area contributed by atoms with Crippen LogP contribution in [0.4, 0.5) is 0 Å². The Bertz CT molecular complexity index is 1070. The molecule has 1 aliphatic carbocycles. The van der Waals surface area contributed by atoms with Gasteiger partial charge in [-0.1, -0.05) is 65.3 Å². The minimum absolute atomic E-state index is 0.510. The van der Waals surface area contributed by atoms with Gasteiger partial charge in [0.05, 0.1) is 12.1 Å². The number of halogens is 1. The van der Waals surface area contributed by atoms with Gasteiger partial charge in [-0.05, 0) is 67.0 Å². The molecule has 3 aromatic rings. The Hall–Kier alpha value is -2.85. The lowest BCUT2D eigenvalue weighted by molar-refractivity contribution is 0.382. The van der Waals surface area contributed by atoms with Crippen molar-refractivity contribution in [3.8, 4) is 0 Å². The Morgan fingerprint density at radius 2 is 2.03 bits per heavy atom. The Morgan fingerprint density at radius 1 is 1.20 bits per heavy atom. The molecule has 0 aliphatic heterocycles. The van der Waals surface area contributed by atoms with E-state index in [0.717, 1.165) is 36.4 Å². The van der Waals surface area contributed by atoms with Crippen molar-refractivity contribution < 1.29 is 4.52 Å². The quantitative estimate of drug-likeness (QED) is 0.510. The van der Waals surface area contributed by atoms with Crippen molar-refractivity contribution in [3.05, 3.63) is 94.1 Å². The van der Waals surface area contributed by atoms with Gasteiger partial charge in [-0.2, -0.15) is 4.98 Å². The zero-order valence-corrected chi connectivity index (χ0v) is 18.0. The standard InChI is InChI=1S/C25H26ClN3O/c1-17-7-9-19(10-8-17)15-24-28-25(29-30-24)18(2)27-14-13-21-6-4-3-5-20-11-12-22(26)16-23(20)21/h6-12,16,27H,2-5,13-15H2,1H3. The maximum Gasteiger partial charge on any atom is 0.231 e. The summed E-state index contributed by atoms with van der Waals surface area (Å²) in [5.41, 5.74) is 7.03. The minimum atomic E-state index is 0.510. The van der Waals surface area contributed by atoms with E-state index in [1.54, 1.807) is 0 Å². The summed E-state index contributed by atoms with van der Waals surface area (Å²) in [5.74, 6) is 1.10. The van der Waals surface area contributed by atoms with Crippen LogP contribution in [0.1, 0.15) is 53.2 Å². The van der Waals surface area contributed by atoms with Gasteiger partial charge in [0, 0.05) is 11.6 Å². The van der Waals surface area contributed by atoms with Crippen molar-refractivity contribution in [2.24, 2.45) is 0 Å². The van der Waals surface area contributed by atoms with E-state index in [9.17, 15) is 0 Å². The first-order valence-electron chi connectivity index (χ1n) is 10.4. The van der Waals surface area contributed by atoms with E-state index in [-0.39, 0.29) is 0 Å². The van der Waals surface area contributed by atoms with Crippen LogP contribution in [-0.4, -0.2) is 16.7 Å². The fourth-order valence-corrected chi connectivity index (χ4v) is 3.91. The van der Waals surface area contributed by atoms with E-state index in [4.69, 9.17) is 16.1 Å². The lowest BCUT2D eigenvalue weighted by atomic mass is 9.97. The molecule has 1 heterocycles. The second-order valence-corrected chi connectivity index (χ2v) is 8.19. The Kier molecular flexibility index (Phi) is 6.34. The van der Waals surface area contributed by atoms with Crippen LogP contribution in [0.15, 0.2) is 59.6 Å². The number of nitrogens with zero attached hydrogens (tertiary/aromatic N) is 2. The smallest absolute Gasteiger partial charge is 0.231 e. The van der Waals surface area contributed by atoms with Gasteiger partial charge in [0.1, 0.15) is 0 Å². The number of hydrogen-bond donors (Lipinski definition) is 1. The SMILES string of the molecule is C=C(NCCC1=CCCCc2ccc(Cl)cc21)c1noc(Cc2ccc(C)cc2)n1. The van der Waals surface area contributed by atoms with Crippen molar-refractivity contribution in [3.63, 3.8) is 0 Å². The Balaban J connectivity index is 1.34. The second kappa shape index (κ2) is 9.31. The average Bonchev–Trinajstić information content (AvgIpc) is 3.12. The van der Waals surface area contributed by atoms with Crippen LogP contribution in [-0.2, 0) is 12.8 Å². The molecule has 5 heteroatoms. The topological polar surface area (TPSA) is 51.0 Å². The fourth-order valence-electron chi connectivity index (χ4n) is 3.74. The molecule has 4 rings (SSSR count). The fraction of sp³-hybridized carbons (Fsp3) is 0.280. The van der Waals surface area contributed by atoms with E-state index in [1.165, 1.54) is 28.7 Å². The highest BCUT2D eigenvalue weighted by atomic mass is 35.5. The van der Waals surface area contributed by atoms with Gasteiger partial charge >= 0.3 is 0 Å². The summed E-state index contributed by atoms with van der Waals surface area (Å²) in [5, 5.41) is 8.21. The molecule has 0 atom stereocenters. The first kappa shape index (κ1) is 20.4. The van der Waals surface area contributed by atoms with Gasteiger partial charge in [0.2, 0.25) is 11.7 Å². The Morgan fingerprint density at radius 3 is 2.87 bits per heavy atom. The lowest BCUT2D eigenvalue weighted by Crippen LogP contribution is -2.14. The highest BCUT2D eigenvalue weighted by Gasteiger charge is 2.13. The molecular formula is C25H26ClN3O. The number of allylic oxidation sites excluding steroid dienone is 1. The predicted octanol–water partition coefficient (Wildman–Crippen LogP) is 5.99. The monoisotopic (exact) mass is 419 g/mol. The van der Waals surface area contributed by atoms with Crippen LogP contribution >= 0.6 is 11.6 Å². The van der Waals surface area contributed by atoms with Crippen LogP contribution in [0.5, 0.6) is 0 Å². The zero-order valence-electron chi connectivity index (χ0n) is 17.2. The van der Waals surface area contributed by atoms with Gasteiger partial charge in [-0.15, -0.1) is 0 Å². The highest BCUT2D eigenvalue weighted by Crippen LogP contribution is 2.30. The first-order chi connectivity index (χ1) is 14.6. The van der Waals surface area contributed by atoms with Crippen LogP contribution in [0.25, 0.3) is 11.3 Å². The van der Waals surface area contributed by atoms with Crippen LogP contribution < -0.4 is 5.32 Å². The van der Waals surface area contributed by atoms with Crippen LogP contribution in [0.2, 0.25) is 5.02 Å². The van der Waals surface area contributed by atoms with Gasteiger partial charge in [-0.25, -0.2) is 0 Å². The molecule has 4 nitrogen and oxygen atoms in total. The molecule has 1 aromatic heterocycles. The van der Waals surface area contributed by atoms with Gasteiger partial charge < -0.3 is 9.84 Å². The highest BCUT2D eigenvalue weighted by molar-refractivity contribution is 6.30. The third kappa shape index (κ3) is 5.00. The second-order valence-electron chi connectivity index (χ2n) is 7.75. The molecule has 2 aromatic carbocycles. The van der Waals surface area contributed by atoms with E-state index < -0.39 is 0 Å². The number of fused-ring (bicyclic) bond motifs is 1. The molecule has 0 bridgehead atoms. The predicted molar refractivity (Wildman–Crippen MR) is 122 cm³/mol. The summed E-state index contributed by atoms with van der Waals surface area (Å²) in [6, 6.07) is 14.5. The van der Waals surface area contributed by atoms with Crippen molar-refractivity contribution >= 4 is 22.9 Å². The summed E-state index contributed by atoms with van der Waals surface area (Å²) in [7, 11) is 0. The van der Waals surface area contributed by atoms with Gasteiger partial charge in [0.25, 0.3) is 0 Å². The molecule has 0 saturated heterocycles. The van der Waals surface area contributed by atoms with Crippen molar-refractivity contribution in [2.45, 2.75) is 39.0 Å². The summed E-state index contributed by atoms with van der Waals surface area (Å²) in [4.78, 5) is 4.48. The van der Waals surface area contributed by atoms with Crippen molar-refractivity contribution in [1.29, 1.82) is 0 Å². The maximum atomic E-state index is 6.24. The summed E-state index contributed by atoms with van der Waals surface area (Å²) in [6.45, 7) is 6.90. The van der Waals surface area contributed by atoms with E-state index in [0.29, 0.717) is 23.8 Å². The summed E-state index contributed by atoms with van der Waals surface area (Å²) in [6.07, 6.45) is 7.20. The number of aryl methyl sites for hydroxylation is 2. The normalized spacial score (nSPS) is 13.3. The third-order valence-corrected chi connectivity index (χ3v) is 5.64. The largest absolute Gasteiger partial charge is 0.382 e. The molecule has 0 unspecified atom stereocenters. The number of hydrogen-bond acceptors (Lipinski definition) is 4. The summed E-state index contributed by atoms with van der Waals surface area (Å²) < 4.78 is 5.40. The lowest BCUT2D eigenvalue weighted by Gasteiger charge is -2.13. The molecule has 0 fully saturated rings. The first-order valence-corrected chi connectivity index (χ1v) is 10.8. The summed E-state index contributed by atoms with van der Waals surface area (Å²) >= 11 is 6.24. The van der Waals surface area contributed by atoms with E-state index in [2.05, 4.69) is 71.4 Å². The molecule has 1 aliphatic rings. The molecule has 1 N–H and O–H groups in total. The van der Waals surface area contributed by atoms with Gasteiger partial charge in [-0.3, -0.25) is 0 Å². The number of aromatic nitrogens is 2. The molecule has 0 amide bonds. The molecule has 0 radical (unpaired) electrons. The number of rotatable bonds is 7. The molecule has 0 spiro atoms. The molecule has 154 valence electrons. The van der Waals surface area contributed by atoms with Crippen LogP contribution in [0, 0.1) is 6.92 Å². The number of benzene rings is 2.